The summed E-state index contributed by atoms with van der Waals surface area (Å²) in [6.45, 7) is 2.33. The summed E-state index contributed by atoms with van der Waals surface area (Å²) in [5, 5.41) is 17.9. The molecule has 3 fully saturated rings. The Kier molecular flexibility index (Phi) is 4.77. The summed E-state index contributed by atoms with van der Waals surface area (Å²) in [6.07, 6.45) is -0.0978. The van der Waals surface area contributed by atoms with Gasteiger partial charge in [-0.1, -0.05) is 0 Å². The second kappa shape index (κ2) is 7.36. The zero-order chi connectivity index (χ0) is 24.8. The minimum absolute atomic E-state index is 0.0861. The van der Waals surface area contributed by atoms with Gasteiger partial charge in [0, 0.05) is 50.7 Å². The molecule has 4 aliphatic rings. The van der Waals surface area contributed by atoms with Gasteiger partial charge in [0.2, 0.25) is 0 Å². The molecule has 1 aromatic carbocycles. The van der Waals surface area contributed by atoms with Crippen LogP contribution in [0.3, 0.4) is 0 Å². The van der Waals surface area contributed by atoms with Crippen LogP contribution in [0.25, 0.3) is 0 Å². The van der Waals surface area contributed by atoms with Crippen molar-refractivity contribution >= 4 is 5.91 Å². The molecule has 2 aromatic rings. The van der Waals surface area contributed by atoms with Crippen LogP contribution in [-0.2, 0) is 15.1 Å². The first-order valence-electron chi connectivity index (χ1n) is 11.7. The Balaban J connectivity index is 1.04. The van der Waals surface area contributed by atoms with E-state index in [0.29, 0.717) is 42.6 Å². The van der Waals surface area contributed by atoms with Gasteiger partial charge in [0.1, 0.15) is 17.7 Å². The van der Waals surface area contributed by atoms with Gasteiger partial charge >= 0.3 is 6.11 Å². The van der Waals surface area contributed by atoms with E-state index in [-0.39, 0.29) is 29.7 Å². The van der Waals surface area contributed by atoms with E-state index in [2.05, 4.69) is 15.2 Å². The largest absolute Gasteiger partial charge is 0.487 e. The predicted octanol–water partition coefficient (Wildman–Crippen LogP) is 3.11. The summed E-state index contributed by atoms with van der Waals surface area (Å²) in [6, 6.07) is 2.75. The molecule has 2 unspecified atom stereocenters. The van der Waals surface area contributed by atoms with E-state index in [1.54, 1.807) is 30.1 Å². The summed E-state index contributed by atoms with van der Waals surface area (Å²) in [4.78, 5) is 12.9. The van der Waals surface area contributed by atoms with Crippen molar-refractivity contribution in [3.8, 4) is 11.5 Å². The zero-order valence-corrected chi connectivity index (χ0v) is 19.3. The van der Waals surface area contributed by atoms with Crippen LogP contribution >= 0.6 is 0 Å². The Morgan fingerprint density at radius 2 is 2.03 bits per heavy atom. The maximum Gasteiger partial charge on any atom is 0.353 e. The Morgan fingerprint density at radius 1 is 1.29 bits per heavy atom. The Labute approximate surface area is 199 Å². The van der Waals surface area contributed by atoms with Crippen LogP contribution in [-0.4, -0.2) is 50.8 Å². The number of hydrogen-bond donors (Lipinski definition) is 2. The fourth-order valence-electron chi connectivity index (χ4n) is 5.30. The van der Waals surface area contributed by atoms with Crippen LogP contribution in [0.1, 0.15) is 56.3 Å². The quantitative estimate of drug-likeness (QED) is 0.616. The maximum atomic E-state index is 14.0. The lowest BCUT2D eigenvalue weighted by Crippen LogP contribution is -2.44. The normalized spacial score (nSPS) is 34.7. The van der Waals surface area contributed by atoms with E-state index in [0.717, 1.165) is 6.92 Å². The second-order valence-corrected chi connectivity index (χ2v) is 10.3. The molecule has 2 N–H and O–H groups in total. The Bertz CT molecular complexity index is 1180. The molecule has 11 heteroatoms. The van der Waals surface area contributed by atoms with Gasteiger partial charge in [-0.05, 0) is 18.6 Å². The summed E-state index contributed by atoms with van der Waals surface area (Å²) in [7, 11) is 0. The molecule has 35 heavy (non-hydrogen) atoms. The molecular weight excluding hydrogens is 467 g/mol. The van der Waals surface area contributed by atoms with Gasteiger partial charge in [-0.3, -0.25) is 9.48 Å². The topological polar surface area (TPSA) is 94.8 Å². The highest BCUT2D eigenvalue weighted by Gasteiger charge is 2.86. The van der Waals surface area contributed by atoms with Crippen LogP contribution in [0.4, 0.5) is 13.2 Å². The van der Waals surface area contributed by atoms with Crippen LogP contribution in [0.15, 0.2) is 24.5 Å². The molecule has 2 atom stereocenters. The van der Waals surface area contributed by atoms with E-state index in [9.17, 15) is 23.1 Å². The molecule has 0 bridgehead atoms. The molecule has 3 saturated carbocycles. The Hall–Kier alpha value is -2.79. The summed E-state index contributed by atoms with van der Waals surface area (Å²) in [5.74, 6) is -0.0869. The fourth-order valence-corrected chi connectivity index (χ4v) is 5.30. The van der Waals surface area contributed by atoms with Crippen molar-refractivity contribution in [3.63, 3.8) is 0 Å². The van der Waals surface area contributed by atoms with Crippen LogP contribution < -0.4 is 14.8 Å². The molecular formula is C24H26F3N3O5. The average Bonchev–Trinajstić information content (AvgIpc) is 3.45. The number of benzene rings is 1. The number of halogens is 3. The Morgan fingerprint density at radius 3 is 2.74 bits per heavy atom. The van der Waals surface area contributed by atoms with E-state index < -0.39 is 35.8 Å². The number of rotatable bonds is 7. The van der Waals surface area contributed by atoms with Gasteiger partial charge < -0.3 is 24.6 Å². The molecule has 1 amide bonds. The molecule has 2 heterocycles. The first-order chi connectivity index (χ1) is 16.5. The van der Waals surface area contributed by atoms with Gasteiger partial charge in [-0.25, -0.2) is 4.39 Å². The first-order valence-corrected chi connectivity index (χ1v) is 11.7. The van der Waals surface area contributed by atoms with E-state index in [1.165, 1.54) is 6.07 Å². The molecule has 3 aliphatic carbocycles. The van der Waals surface area contributed by atoms with E-state index in [1.807, 2.05) is 0 Å². The van der Waals surface area contributed by atoms with Crippen molar-refractivity contribution in [2.45, 2.75) is 87.6 Å². The number of amides is 1. The number of fused-ring (bicyclic) bond motifs is 2. The van der Waals surface area contributed by atoms with Crippen molar-refractivity contribution in [1.82, 2.24) is 15.1 Å². The van der Waals surface area contributed by atoms with Gasteiger partial charge in [-0.2, -0.15) is 13.9 Å². The van der Waals surface area contributed by atoms with Gasteiger partial charge in [0.15, 0.2) is 11.9 Å². The fraction of sp³-hybridized carbons (Fsp3) is 0.583. The van der Waals surface area contributed by atoms with Gasteiger partial charge in [0.25, 0.3) is 5.91 Å². The molecule has 188 valence electrons. The number of hydrogen-bond acceptors (Lipinski definition) is 6. The molecule has 1 aliphatic heterocycles. The third-order valence-electron chi connectivity index (χ3n) is 7.57. The van der Waals surface area contributed by atoms with Crippen LogP contribution in [0.2, 0.25) is 0 Å². The highest BCUT2D eigenvalue weighted by atomic mass is 19.3. The van der Waals surface area contributed by atoms with Gasteiger partial charge in [-0.15, -0.1) is 0 Å². The second-order valence-electron chi connectivity index (χ2n) is 10.3. The number of carbonyl (C=O) groups excluding carboxylic acids is 1. The SMILES string of the molecule is Cc1cc2c(cc1F)OC(C(=O)NC13CC1(n1cc(OC4CC(OC(C)(F)F)C4)cn1)C3)CC2O. The maximum absolute atomic E-state index is 14.0. The number of nitrogens with one attached hydrogen (secondary N) is 1. The van der Waals surface area contributed by atoms with Gasteiger partial charge in [0.05, 0.1) is 35.7 Å². The highest BCUT2D eigenvalue weighted by molar-refractivity contribution is 5.84. The van der Waals surface area contributed by atoms with Crippen molar-refractivity contribution in [3.05, 3.63) is 41.5 Å². The van der Waals surface area contributed by atoms with E-state index in [4.69, 9.17) is 9.47 Å². The third-order valence-corrected chi connectivity index (χ3v) is 7.57. The van der Waals surface area contributed by atoms with E-state index >= 15 is 0 Å². The number of aliphatic hydroxyl groups is 1. The number of carbonyl (C=O) groups is 1. The third kappa shape index (κ3) is 3.85. The molecule has 0 spiro atoms. The zero-order valence-electron chi connectivity index (χ0n) is 19.3. The van der Waals surface area contributed by atoms with Crippen LogP contribution in [0, 0.1) is 12.7 Å². The monoisotopic (exact) mass is 493 g/mol. The smallest absolute Gasteiger partial charge is 0.353 e. The molecule has 0 saturated heterocycles. The van der Waals surface area contributed by atoms with Crippen LogP contribution in [0.5, 0.6) is 11.5 Å². The number of aromatic nitrogens is 2. The molecule has 0 radical (unpaired) electrons. The molecule has 1 aromatic heterocycles. The summed E-state index contributed by atoms with van der Waals surface area (Å²) in [5.41, 5.74) is 0.135. The van der Waals surface area contributed by atoms with Crippen molar-refractivity contribution in [2.75, 3.05) is 0 Å². The number of nitrogens with zero attached hydrogens (tertiary/aromatic N) is 2. The van der Waals surface area contributed by atoms with Crippen molar-refractivity contribution < 1.29 is 37.3 Å². The predicted molar refractivity (Wildman–Crippen MR) is 115 cm³/mol. The lowest BCUT2D eigenvalue weighted by Gasteiger charge is -2.35. The first kappa shape index (κ1) is 22.7. The minimum Gasteiger partial charge on any atom is -0.487 e. The standard InChI is InChI=1S/C24H26F3N3O5/c1-12-3-16-18(31)7-20(34-19(16)6-17(12)25)21(32)29-23-10-24(23,11-23)30-9-15(8-28-30)33-13-4-14(5-13)35-22(2,26)27/h3,6,8-9,13-14,18,20,31H,4-5,7,10-11H2,1-2H3,(H,29,32). The lowest BCUT2D eigenvalue weighted by molar-refractivity contribution is -0.271. The highest BCUT2D eigenvalue weighted by Crippen LogP contribution is 2.76. The number of aryl methyl sites for hydroxylation is 1. The van der Waals surface area contributed by atoms with Crippen molar-refractivity contribution in [2.24, 2.45) is 0 Å². The molecule has 8 nitrogen and oxygen atoms in total. The summed E-state index contributed by atoms with van der Waals surface area (Å²) >= 11 is 0. The number of alkyl halides is 2. The number of ether oxygens (including phenoxy) is 3. The summed E-state index contributed by atoms with van der Waals surface area (Å²) < 4.78 is 57.7. The van der Waals surface area contributed by atoms with Crippen molar-refractivity contribution in [1.29, 1.82) is 0 Å². The molecule has 6 rings (SSSR count). The minimum atomic E-state index is -3.15. The number of aliphatic hydroxyl groups excluding tert-OH is 1. The lowest BCUT2D eigenvalue weighted by atomic mass is 9.92. The average molecular weight is 493 g/mol.